The predicted octanol–water partition coefficient (Wildman–Crippen LogP) is 7.87. The Labute approximate surface area is 237 Å². The van der Waals surface area contributed by atoms with Gasteiger partial charge in [0.25, 0.3) is 0 Å². The molecule has 0 fully saturated rings. The summed E-state index contributed by atoms with van der Waals surface area (Å²) in [6.45, 7) is 9.39. The van der Waals surface area contributed by atoms with Gasteiger partial charge in [0.05, 0.1) is 5.76 Å². The molecule has 5 heteroatoms. The van der Waals surface area contributed by atoms with E-state index in [1.165, 1.54) is 53.1 Å². The second-order valence-corrected chi connectivity index (χ2v) is 21.1. The molecular formula is C32H36GeIrNO2-. The molecule has 1 N–H and O–H groups in total. The molecule has 0 spiro atoms. The second-order valence-electron chi connectivity index (χ2n) is 10.5. The Morgan fingerprint density at radius 1 is 0.892 bits per heavy atom. The first-order chi connectivity index (χ1) is 16.9. The molecule has 4 rings (SSSR count). The molecule has 3 nitrogen and oxygen atoms in total. The molecule has 0 amide bonds. The number of aromatic nitrogens is 1. The zero-order chi connectivity index (χ0) is 26.6. The minimum absolute atomic E-state index is 0. The second kappa shape index (κ2) is 12.8. The number of carbonyl (C=O) groups excluding carboxylic acids is 1. The molecule has 1 aromatic heterocycles. The van der Waals surface area contributed by atoms with Crippen LogP contribution in [0.4, 0.5) is 0 Å². The number of fused-ring (bicyclic) bond motifs is 1. The van der Waals surface area contributed by atoms with E-state index in [2.05, 4.69) is 98.7 Å². The van der Waals surface area contributed by atoms with Crippen molar-refractivity contribution in [2.75, 3.05) is 0 Å². The van der Waals surface area contributed by atoms with Gasteiger partial charge in [-0.15, -0.1) is 0 Å². The number of hydrogen-bond acceptors (Lipinski definition) is 3. The summed E-state index contributed by atoms with van der Waals surface area (Å²) < 4.78 is 1.55. The van der Waals surface area contributed by atoms with Crippen LogP contribution in [0.2, 0.25) is 17.3 Å². The normalized spacial score (nSPS) is 11.4. The summed E-state index contributed by atoms with van der Waals surface area (Å²) in [6, 6.07) is 23.5. The number of ketones is 1. The quantitative estimate of drug-likeness (QED) is 0.101. The summed E-state index contributed by atoms with van der Waals surface area (Å²) >= 11 is -1.83. The van der Waals surface area contributed by atoms with Crippen LogP contribution >= 0.6 is 0 Å². The van der Waals surface area contributed by atoms with Crippen LogP contribution in [0.5, 0.6) is 0 Å². The number of aliphatic hydroxyl groups excluding tert-OH is 1. The molecule has 195 valence electrons. The Bertz CT molecular complexity index is 1450. The van der Waals surface area contributed by atoms with Gasteiger partial charge >= 0.3 is 171 Å². The Balaban J connectivity index is 0.000000532. The van der Waals surface area contributed by atoms with Crippen LogP contribution in [0.3, 0.4) is 0 Å². The Morgan fingerprint density at radius 3 is 2.14 bits per heavy atom. The van der Waals surface area contributed by atoms with E-state index in [0.29, 0.717) is 0 Å². The molecule has 0 aliphatic heterocycles. The van der Waals surface area contributed by atoms with E-state index in [1.54, 1.807) is 4.40 Å². The first-order valence-corrected chi connectivity index (χ1v) is 19.6. The van der Waals surface area contributed by atoms with Crippen molar-refractivity contribution in [3.63, 3.8) is 0 Å². The third-order valence-corrected chi connectivity index (χ3v) is 10.4. The third-order valence-electron chi connectivity index (χ3n) is 6.16. The van der Waals surface area contributed by atoms with Crippen LogP contribution in [0, 0.1) is 26.8 Å². The van der Waals surface area contributed by atoms with E-state index in [0.717, 1.165) is 16.6 Å². The monoisotopic (exact) mass is 733 g/mol. The molecule has 1 heterocycles. The molecule has 37 heavy (non-hydrogen) atoms. The fourth-order valence-corrected chi connectivity index (χ4v) is 6.82. The number of pyridine rings is 1. The van der Waals surface area contributed by atoms with Gasteiger partial charge in [0.2, 0.25) is 0 Å². The van der Waals surface area contributed by atoms with Crippen molar-refractivity contribution in [2.45, 2.75) is 51.9 Å². The van der Waals surface area contributed by atoms with Crippen LogP contribution in [0.15, 0.2) is 72.6 Å². The van der Waals surface area contributed by atoms with E-state index in [4.69, 9.17) is 10.1 Å². The molecule has 0 saturated heterocycles. The van der Waals surface area contributed by atoms with Gasteiger partial charge in [-0.25, -0.2) is 0 Å². The summed E-state index contributed by atoms with van der Waals surface area (Å²) in [7, 11) is 0. The zero-order valence-electron chi connectivity index (χ0n) is 23.0. The molecule has 0 aliphatic carbocycles. The van der Waals surface area contributed by atoms with Gasteiger partial charge in [0, 0.05) is 26.2 Å². The van der Waals surface area contributed by atoms with Crippen molar-refractivity contribution in [2.24, 2.45) is 0 Å². The van der Waals surface area contributed by atoms with Crippen molar-refractivity contribution < 1.29 is 30.0 Å². The molecule has 0 bridgehead atoms. The Kier molecular flexibility index (Phi) is 10.6. The number of rotatable bonds is 4. The molecular weight excluding hydrogens is 695 g/mol. The number of aliphatic hydroxyl groups is 1. The van der Waals surface area contributed by atoms with E-state index in [9.17, 15) is 4.79 Å². The van der Waals surface area contributed by atoms with Gasteiger partial charge < -0.3 is 5.11 Å². The van der Waals surface area contributed by atoms with Gasteiger partial charge in [0.15, 0.2) is 5.78 Å². The number of carbonyl (C=O) groups is 1. The number of hydrogen-bond donors (Lipinski definition) is 1. The maximum atomic E-state index is 10.0. The smallest absolute Gasteiger partial charge is 0 e. The van der Waals surface area contributed by atoms with E-state index in [-0.39, 0.29) is 31.6 Å². The average molecular weight is 731 g/mol. The van der Waals surface area contributed by atoms with Crippen molar-refractivity contribution in [3.8, 4) is 22.4 Å². The Hall–Kier alpha value is -2.53. The molecule has 0 saturated carbocycles. The SMILES string of the molecule is CC(=O)/C=C(/C)O.Cc1c[c]([Ge]([CH3])([CH3])[CH3])ccc1-c1cc(-c2[c-]c3ccccc3c(C)c2)ncc1C.[Ir]. The fourth-order valence-electron chi connectivity index (χ4n) is 4.24. The summed E-state index contributed by atoms with van der Waals surface area (Å²) in [6.07, 6.45) is 3.16. The van der Waals surface area contributed by atoms with Crippen LogP contribution < -0.4 is 4.40 Å². The zero-order valence-corrected chi connectivity index (χ0v) is 27.5. The number of allylic oxidation sites excluding steroid dienone is 2. The first kappa shape index (κ1) is 30.7. The van der Waals surface area contributed by atoms with Crippen molar-refractivity contribution in [3.05, 3.63) is 95.4 Å². The standard InChI is InChI=1S/C27H28GeN.C5H8O2.Ir/c1-18-13-22(15-21-9-7-8-10-24(18)21)27-16-26(20(3)17-29-27)25-12-11-23(14-19(25)2)28(4,5)6;1-4(6)3-5(2)7;/h7-14,16-17H,1-6H3;3,6H,1-2H3;/q-1;;/b;4-3-;. The van der Waals surface area contributed by atoms with Crippen molar-refractivity contribution >= 4 is 34.2 Å². The van der Waals surface area contributed by atoms with Gasteiger partial charge in [0.1, 0.15) is 0 Å². The molecule has 4 aromatic rings. The van der Waals surface area contributed by atoms with E-state index >= 15 is 0 Å². The summed E-state index contributed by atoms with van der Waals surface area (Å²) in [5, 5.41) is 10.8. The van der Waals surface area contributed by atoms with Crippen LogP contribution in [0.25, 0.3) is 33.2 Å². The van der Waals surface area contributed by atoms with Crippen LogP contribution in [0.1, 0.15) is 30.5 Å². The minimum atomic E-state index is -1.83. The number of nitrogens with zero attached hydrogens (tertiary/aromatic N) is 1. The summed E-state index contributed by atoms with van der Waals surface area (Å²) in [4.78, 5) is 14.8. The van der Waals surface area contributed by atoms with Gasteiger partial charge in [-0.2, -0.15) is 0 Å². The first-order valence-electron chi connectivity index (χ1n) is 12.2. The average Bonchev–Trinajstić information content (AvgIpc) is 2.78. The van der Waals surface area contributed by atoms with Gasteiger partial charge in [-0.3, -0.25) is 4.79 Å². The summed E-state index contributed by atoms with van der Waals surface area (Å²) in [5.41, 5.74) is 8.42. The van der Waals surface area contributed by atoms with Gasteiger partial charge in [-0.05, 0) is 13.8 Å². The molecule has 0 atom stereocenters. The molecule has 1 radical (unpaired) electrons. The van der Waals surface area contributed by atoms with Crippen LogP contribution in [-0.4, -0.2) is 29.1 Å². The minimum Gasteiger partial charge on any atom is 0 e. The van der Waals surface area contributed by atoms with Crippen LogP contribution in [-0.2, 0) is 24.9 Å². The van der Waals surface area contributed by atoms with E-state index in [1.807, 2.05) is 6.20 Å². The maximum Gasteiger partial charge on any atom is 0 e. The topological polar surface area (TPSA) is 50.2 Å². The predicted molar refractivity (Wildman–Crippen MR) is 156 cm³/mol. The van der Waals surface area contributed by atoms with Gasteiger partial charge in [-0.1, -0.05) is 6.07 Å². The largest absolute Gasteiger partial charge is 0 e. The number of benzene rings is 3. The summed E-state index contributed by atoms with van der Waals surface area (Å²) in [5.74, 6) is 7.28. The third kappa shape index (κ3) is 7.98. The van der Waals surface area contributed by atoms with Crippen molar-refractivity contribution in [1.29, 1.82) is 0 Å². The Morgan fingerprint density at radius 2 is 1.57 bits per heavy atom. The van der Waals surface area contributed by atoms with E-state index < -0.39 is 13.3 Å². The molecule has 0 aliphatic rings. The van der Waals surface area contributed by atoms with Crippen molar-refractivity contribution in [1.82, 2.24) is 4.98 Å². The molecule has 0 unspecified atom stereocenters. The maximum absolute atomic E-state index is 10.0. The fraction of sp³-hybridized carbons (Fsp3) is 0.250. The molecule has 3 aromatic carbocycles. The number of aryl methyl sites for hydroxylation is 3.